The normalized spacial score (nSPS) is 11.3. The van der Waals surface area contributed by atoms with Gasteiger partial charge in [0.1, 0.15) is 11.5 Å². The van der Waals surface area contributed by atoms with Crippen molar-refractivity contribution in [3.05, 3.63) is 59.1 Å². The monoisotopic (exact) mass is 377 g/mol. The maximum absolute atomic E-state index is 12.0. The number of benzene rings is 2. The van der Waals surface area contributed by atoms with Gasteiger partial charge in [-0.15, -0.1) is 0 Å². The lowest BCUT2D eigenvalue weighted by molar-refractivity contribution is -0.156. The van der Waals surface area contributed by atoms with Gasteiger partial charge >= 0.3 is 5.97 Å². The molecule has 0 radical (unpaired) electrons. The van der Waals surface area contributed by atoms with Crippen molar-refractivity contribution in [3.8, 4) is 11.5 Å². The summed E-state index contributed by atoms with van der Waals surface area (Å²) >= 11 is 5.83. The quantitative estimate of drug-likeness (QED) is 0.716. The third kappa shape index (κ3) is 6.29. The second-order valence-electron chi connectivity index (χ2n) is 5.44. The highest BCUT2D eigenvalue weighted by Gasteiger charge is 2.18. The first-order valence-electron chi connectivity index (χ1n) is 7.96. The summed E-state index contributed by atoms with van der Waals surface area (Å²) in [6, 6.07) is 13.9. The number of ether oxygens (including phenoxy) is 3. The highest BCUT2D eigenvalue weighted by molar-refractivity contribution is 6.30. The van der Waals surface area contributed by atoms with Crippen molar-refractivity contribution in [2.75, 3.05) is 13.7 Å². The number of carbonyl (C=O) groups excluding carboxylic acids is 2. The summed E-state index contributed by atoms with van der Waals surface area (Å²) in [4.78, 5) is 23.8. The van der Waals surface area contributed by atoms with Crippen molar-refractivity contribution < 1.29 is 23.8 Å². The molecule has 2 aromatic rings. The number of hydrogen-bond acceptors (Lipinski definition) is 5. The Kier molecular flexibility index (Phi) is 7.29. The Labute approximate surface area is 157 Å². The fourth-order valence-corrected chi connectivity index (χ4v) is 2.24. The van der Waals surface area contributed by atoms with E-state index in [4.69, 9.17) is 25.8 Å². The summed E-state index contributed by atoms with van der Waals surface area (Å²) in [7, 11) is 1.59. The van der Waals surface area contributed by atoms with Crippen LogP contribution in [0.2, 0.25) is 5.02 Å². The Balaban J connectivity index is 1.73. The fourth-order valence-electron chi connectivity index (χ4n) is 2.06. The molecule has 0 aliphatic rings. The van der Waals surface area contributed by atoms with Gasteiger partial charge in [-0.25, -0.2) is 4.79 Å². The minimum atomic E-state index is -0.927. The molecule has 0 aliphatic carbocycles. The number of carbonyl (C=O) groups is 2. The van der Waals surface area contributed by atoms with Gasteiger partial charge in [0.05, 0.1) is 7.11 Å². The molecular formula is C19H20ClNO5. The van der Waals surface area contributed by atoms with E-state index in [0.29, 0.717) is 17.3 Å². The van der Waals surface area contributed by atoms with E-state index < -0.39 is 18.0 Å². The number of rotatable bonds is 8. The van der Waals surface area contributed by atoms with Gasteiger partial charge in [0.25, 0.3) is 5.91 Å². The van der Waals surface area contributed by atoms with Crippen LogP contribution in [0, 0.1) is 0 Å². The van der Waals surface area contributed by atoms with Crippen molar-refractivity contribution in [2.45, 2.75) is 19.6 Å². The van der Waals surface area contributed by atoms with Crippen molar-refractivity contribution in [3.63, 3.8) is 0 Å². The number of methoxy groups -OCH3 is 1. The molecule has 0 heterocycles. The lowest BCUT2D eigenvalue weighted by atomic mass is 10.2. The predicted molar refractivity (Wildman–Crippen MR) is 97.3 cm³/mol. The van der Waals surface area contributed by atoms with Crippen LogP contribution < -0.4 is 14.8 Å². The van der Waals surface area contributed by atoms with Crippen LogP contribution in [-0.4, -0.2) is 31.7 Å². The van der Waals surface area contributed by atoms with Gasteiger partial charge in [-0.3, -0.25) is 4.79 Å². The minimum absolute atomic E-state index is 0.309. The summed E-state index contributed by atoms with van der Waals surface area (Å²) in [6.07, 6.45) is -0.927. The molecule has 1 N–H and O–H groups in total. The molecule has 1 atom stereocenters. The van der Waals surface area contributed by atoms with Crippen molar-refractivity contribution in [1.82, 2.24) is 5.32 Å². The number of amides is 1. The van der Waals surface area contributed by atoms with Crippen molar-refractivity contribution in [2.24, 2.45) is 0 Å². The van der Waals surface area contributed by atoms with E-state index in [1.54, 1.807) is 43.5 Å². The molecule has 0 saturated carbocycles. The Hall–Kier alpha value is -2.73. The van der Waals surface area contributed by atoms with Gasteiger partial charge in [-0.05, 0) is 42.8 Å². The largest absolute Gasteiger partial charge is 0.497 e. The Morgan fingerprint density at radius 1 is 1.12 bits per heavy atom. The first kappa shape index (κ1) is 19.6. The molecule has 26 heavy (non-hydrogen) atoms. The van der Waals surface area contributed by atoms with Crippen LogP contribution in [-0.2, 0) is 20.9 Å². The zero-order valence-electron chi connectivity index (χ0n) is 14.5. The molecule has 0 fully saturated rings. The average molecular weight is 378 g/mol. The second-order valence-corrected chi connectivity index (χ2v) is 5.88. The minimum Gasteiger partial charge on any atom is -0.497 e. The molecule has 2 aromatic carbocycles. The number of esters is 1. The van der Waals surface area contributed by atoms with Crippen LogP contribution in [0.1, 0.15) is 12.5 Å². The third-order valence-electron chi connectivity index (χ3n) is 3.46. The molecular weight excluding hydrogens is 358 g/mol. The Bertz CT molecular complexity index is 748. The second kappa shape index (κ2) is 9.68. The summed E-state index contributed by atoms with van der Waals surface area (Å²) in [5, 5.41) is 3.21. The molecule has 0 aliphatic heterocycles. The maximum atomic E-state index is 12.0. The molecule has 0 saturated heterocycles. The standard InChI is InChI=1S/C19H20ClNO5/c1-13(19(23)21-11-14-6-8-16(24-2)9-7-14)26-18(22)12-25-17-5-3-4-15(20)10-17/h3-10,13H,11-12H2,1-2H3,(H,21,23)/t13-/m0/s1. The van der Waals surface area contributed by atoms with E-state index in [2.05, 4.69) is 5.32 Å². The topological polar surface area (TPSA) is 73.9 Å². The smallest absolute Gasteiger partial charge is 0.344 e. The van der Waals surface area contributed by atoms with Crippen molar-refractivity contribution in [1.29, 1.82) is 0 Å². The highest BCUT2D eigenvalue weighted by atomic mass is 35.5. The molecule has 7 heteroatoms. The number of nitrogens with one attached hydrogen (secondary N) is 1. The van der Waals surface area contributed by atoms with Gasteiger partial charge in [-0.2, -0.15) is 0 Å². The summed E-state index contributed by atoms with van der Waals surface area (Å²) in [6.45, 7) is 1.51. The van der Waals surface area contributed by atoms with Crippen LogP contribution >= 0.6 is 11.6 Å². The summed E-state index contributed by atoms with van der Waals surface area (Å²) < 4.78 is 15.4. The first-order valence-corrected chi connectivity index (χ1v) is 8.34. The zero-order chi connectivity index (χ0) is 18.9. The number of halogens is 1. The van der Waals surface area contributed by atoms with Crippen LogP contribution in [0.25, 0.3) is 0 Å². The van der Waals surface area contributed by atoms with Gasteiger partial charge in [0.15, 0.2) is 12.7 Å². The molecule has 0 aromatic heterocycles. The lowest BCUT2D eigenvalue weighted by Gasteiger charge is -2.14. The van der Waals surface area contributed by atoms with E-state index in [1.807, 2.05) is 12.1 Å². The Morgan fingerprint density at radius 2 is 1.85 bits per heavy atom. The SMILES string of the molecule is COc1ccc(CNC(=O)[C@H](C)OC(=O)COc2cccc(Cl)c2)cc1. The van der Waals surface area contributed by atoms with Crippen LogP contribution in [0.5, 0.6) is 11.5 Å². The lowest BCUT2D eigenvalue weighted by Crippen LogP contribution is -2.36. The molecule has 0 bridgehead atoms. The molecule has 6 nitrogen and oxygen atoms in total. The number of hydrogen-bond donors (Lipinski definition) is 1. The highest BCUT2D eigenvalue weighted by Crippen LogP contribution is 2.17. The van der Waals surface area contributed by atoms with Gasteiger partial charge in [0, 0.05) is 11.6 Å². The zero-order valence-corrected chi connectivity index (χ0v) is 15.3. The van der Waals surface area contributed by atoms with Crippen molar-refractivity contribution >= 4 is 23.5 Å². The molecule has 0 spiro atoms. The third-order valence-corrected chi connectivity index (χ3v) is 3.69. The van der Waals surface area contributed by atoms with Crippen LogP contribution in [0.15, 0.2) is 48.5 Å². The predicted octanol–water partition coefficient (Wildman–Crippen LogP) is 2.98. The molecule has 1 amide bonds. The van der Waals surface area contributed by atoms with Gasteiger partial charge in [-0.1, -0.05) is 29.8 Å². The van der Waals surface area contributed by atoms with E-state index in [9.17, 15) is 9.59 Å². The molecule has 2 rings (SSSR count). The van der Waals surface area contributed by atoms with E-state index in [0.717, 1.165) is 11.3 Å². The first-order chi connectivity index (χ1) is 12.5. The molecule has 0 unspecified atom stereocenters. The average Bonchev–Trinajstić information content (AvgIpc) is 2.65. The summed E-state index contributed by atoms with van der Waals surface area (Å²) in [5.74, 6) is 0.155. The van der Waals surface area contributed by atoms with Crippen LogP contribution in [0.4, 0.5) is 0 Å². The van der Waals surface area contributed by atoms with E-state index >= 15 is 0 Å². The summed E-state index contributed by atoms with van der Waals surface area (Å²) in [5.41, 5.74) is 0.905. The van der Waals surface area contributed by atoms with Gasteiger partial charge in [0.2, 0.25) is 0 Å². The maximum Gasteiger partial charge on any atom is 0.344 e. The Morgan fingerprint density at radius 3 is 2.50 bits per heavy atom. The fraction of sp³-hybridized carbons (Fsp3) is 0.263. The van der Waals surface area contributed by atoms with E-state index in [-0.39, 0.29) is 6.61 Å². The van der Waals surface area contributed by atoms with E-state index in [1.165, 1.54) is 6.92 Å². The molecule has 138 valence electrons. The van der Waals surface area contributed by atoms with Crippen LogP contribution in [0.3, 0.4) is 0 Å². The van der Waals surface area contributed by atoms with Gasteiger partial charge < -0.3 is 19.5 Å².